The van der Waals surface area contributed by atoms with E-state index in [2.05, 4.69) is 11.1 Å². The summed E-state index contributed by atoms with van der Waals surface area (Å²) in [5.41, 5.74) is 5.47. The average Bonchev–Trinajstić information content (AvgIpc) is 2.24. The summed E-state index contributed by atoms with van der Waals surface area (Å²) in [7, 11) is -3.91. The lowest BCUT2D eigenvalue weighted by atomic mass is 10.1. The highest BCUT2D eigenvalue weighted by Crippen LogP contribution is 2.11. The molecular weight excluding hydrogens is 252 g/mol. The summed E-state index contributed by atoms with van der Waals surface area (Å²) < 4.78 is 25.6. The molecule has 110 valence electrons. The van der Waals surface area contributed by atoms with E-state index < -0.39 is 16.5 Å². The van der Waals surface area contributed by atoms with Crippen LogP contribution in [0.4, 0.5) is 0 Å². The molecule has 0 aromatic carbocycles. The van der Waals surface area contributed by atoms with Crippen LogP contribution in [-0.2, 0) is 14.5 Å². The summed E-state index contributed by atoms with van der Waals surface area (Å²) in [6.07, 6.45) is 10.7. The molecule has 6 heteroatoms. The standard InChI is InChI=1S/C12H28N2O3S/c1-2-3-4-5-6-7-8-9-10-11-12(13)17-18(14,15)16/h12H,2-11,13H2,1H3,(H2,14,15,16). The first-order chi connectivity index (χ1) is 8.45. The molecule has 4 N–H and O–H groups in total. The van der Waals surface area contributed by atoms with Crippen molar-refractivity contribution in [1.82, 2.24) is 0 Å². The Morgan fingerprint density at radius 1 is 0.944 bits per heavy atom. The van der Waals surface area contributed by atoms with Crippen molar-refractivity contribution in [1.29, 1.82) is 0 Å². The van der Waals surface area contributed by atoms with E-state index >= 15 is 0 Å². The van der Waals surface area contributed by atoms with Crippen LogP contribution in [-0.4, -0.2) is 14.6 Å². The van der Waals surface area contributed by atoms with E-state index in [9.17, 15) is 8.42 Å². The molecule has 1 atom stereocenters. The number of unbranched alkanes of at least 4 members (excludes halogenated alkanes) is 8. The van der Waals surface area contributed by atoms with E-state index in [1.54, 1.807) is 0 Å². The Labute approximate surface area is 112 Å². The molecule has 0 heterocycles. The van der Waals surface area contributed by atoms with E-state index in [0.29, 0.717) is 6.42 Å². The van der Waals surface area contributed by atoms with Crippen molar-refractivity contribution in [3.05, 3.63) is 0 Å². The Bertz CT molecular complexity index is 281. The molecule has 0 radical (unpaired) electrons. The van der Waals surface area contributed by atoms with Crippen LogP contribution in [0, 0.1) is 0 Å². The molecule has 0 aliphatic heterocycles. The number of nitrogens with two attached hydrogens (primary N) is 2. The second-order valence-corrected chi connectivity index (χ2v) is 5.92. The first kappa shape index (κ1) is 17.8. The smallest absolute Gasteiger partial charge is 0.305 e. The predicted molar refractivity (Wildman–Crippen MR) is 74.0 cm³/mol. The molecule has 0 saturated carbocycles. The summed E-state index contributed by atoms with van der Waals surface area (Å²) in [6.45, 7) is 2.22. The SMILES string of the molecule is CCCCCCCCCCCC(N)OS(N)(=O)=O. The van der Waals surface area contributed by atoms with Gasteiger partial charge in [-0.05, 0) is 12.8 Å². The zero-order valence-corrected chi connectivity index (χ0v) is 12.3. The maximum absolute atomic E-state index is 10.6. The molecule has 5 nitrogen and oxygen atoms in total. The molecule has 0 amide bonds. The highest BCUT2D eigenvalue weighted by Gasteiger charge is 2.10. The largest absolute Gasteiger partial charge is 0.334 e. The van der Waals surface area contributed by atoms with Crippen LogP contribution in [0.25, 0.3) is 0 Å². The normalized spacial score (nSPS) is 13.7. The first-order valence-electron chi connectivity index (χ1n) is 6.92. The van der Waals surface area contributed by atoms with Gasteiger partial charge in [-0.1, -0.05) is 58.3 Å². The van der Waals surface area contributed by atoms with Crippen LogP contribution >= 0.6 is 0 Å². The lowest BCUT2D eigenvalue weighted by Gasteiger charge is -2.10. The third-order valence-electron chi connectivity index (χ3n) is 2.85. The minimum atomic E-state index is -3.91. The molecule has 0 aliphatic rings. The van der Waals surface area contributed by atoms with Gasteiger partial charge >= 0.3 is 10.3 Å². The van der Waals surface area contributed by atoms with Crippen LogP contribution in [0.1, 0.15) is 71.1 Å². The topological polar surface area (TPSA) is 95.4 Å². The van der Waals surface area contributed by atoms with E-state index in [-0.39, 0.29) is 0 Å². The van der Waals surface area contributed by atoms with Gasteiger partial charge in [-0.15, -0.1) is 0 Å². The highest BCUT2D eigenvalue weighted by atomic mass is 32.2. The fraction of sp³-hybridized carbons (Fsp3) is 1.00. The van der Waals surface area contributed by atoms with Gasteiger partial charge in [0.05, 0.1) is 0 Å². The number of rotatable bonds is 12. The molecule has 0 rings (SSSR count). The van der Waals surface area contributed by atoms with Gasteiger partial charge in [0, 0.05) is 0 Å². The van der Waals surface area contributed by atoms with Crippen LogP contribution in [0.3, 0.4) is 0 Å². The Morgan fingerprint density at radius 3 is 1.83 bits per heavy atom. The average molecular weight is 280 g/mol. The first-order valence-corrected chi connectivity index (χ1v) is 8.39. The summed E-state index contributed by atoms with van der Waals surface area (Å²) in [4.78, 5) is 0. The van der Waals surface area contributed by atoms with Gasteiger partial charge in [0.1, 0.15) is 6.23 Å². The van der Waals surface area contributed by atoms with Gasteiger partial charge in [-0.25, -0.2) is 9.32 Å². The van der Waals surface area contributed by atoms with Crippen LogP contribution in [0.15, 0.2) is 0 Å². The van der Waals surface area contributed by atoms with Gasteiger partial charge in [0.2, 0.25) is 0 Å². The molecule has 1 unspecified atom stereocenters. The fourth-order valence-electron chi connectivity index (χ4n) is 1.88. The molecule has 0 spiro atoms. The summed E-state index contributed by atoms with van der Waals surface area (Å²) in [5, 5.41) is 4.72. The van der Waals surface area contributed by atoms with E-state index in [1.165, 1.54) is 44.9 Å². The van der Waals surface area contributed by atoms with Gasteiger partial charge in [0.15, 0.2) is 0 Å². The van der Waals surface area contributed by atoms with E-state index in [4.69, 9.17) is 10.9 Å². The Hall–Kier alpha value is -0.170. The second kappa shape index (κ2) is 10.7. The monoisotopic (exact) mass is 280 g/mol. The maximum atomic E-state index is 10.6. The van der Waals surface area contributed by atoms with Crippen LogP contribution in [0.5, 0.6) is 0 Å². The Morgan fingerprint density at radius 2 is 1.39 bits per heavy atom. The van der Waals surface area contributed by atoms with Crippen molar-refractivity contribution in [3.8, 4) is 0 Å². The second-order valence-electron chi connectivity index (χ2n) is 4.74. The molecule has 0 bridgehead atoms. The lowest BCUT2D eigenvalue weighted by molar-refractivity contribution is 0.202. The number of hydrogen-bond donors (Lipinski definition) is 2. The van der Waals surface area contributed by atoms with Gasteiger partial charge in [-0.2, -0.15) is 8.42 Å². The molecule has 0 fully saturated rings. The number of hydrogen-bond acceptors (Lipinski definition) is 4. The highest BCUT2D eigenvalue weighted by molar-refractivity contribution is 7.84. The van der Waals surface area contributed by atoms with Crippen molar-refractivity contribution in [2.75, 3.05) is 0 Å². The summed E-state index contributed by atoms with van der Waals surface area (Å²) in [5.74, 6) is 0. The van der Waals surface area contributed by atoms with Crippen LogP contribution in [0.2, 0.25) is 0 Å². The molecule has 0 aromatic heterocycles. The van der Waals surface area contributed by atoms with Crippen LogP contribution < -0.4 is 10.9 Å². The third kappa shape index (κ3) is 13.9. The molecule has 0 saturated heterocycles. The fourth-order valence-corrected chi connectivity index (χ4v) is 2.32. The predicted octanol–water partition coefficient (Wildman–Crippen LogP) is 2.41. The van der Waals surface area contributed by atoms with Gasteiger partial charge in [-0.3, -0.25) is 0 Å². The van der Waals surface area contributed by atoms with Crippen molar-refractivity contribution < 1.29 is 12.6 Å². The quantitative estimate of drug-likeness (QED) is 0.424. The van der Waals surface area contributed by atoms with Gasteiger partial charge in [0.25, 0.3) is 0 Å². The Balaban J connectivity index is 3.25. The Kier molecular flexibility index (Phi) is 10.6. The van der Waals surface area contributed by atoms with Crippen molar-refractivity contribution in [2.45, 2.75) is 77.4 Å². The van der Waals surface area contributed by atoms with Crippen molar-refractivity contribution >= 4 is 10.3 Å². The molecule has 0 aliphatic carbocycles. The zero-order chi connectivity index (χ0) is 13.9. The third-order valence-corrected chi connectivity index (χ3v) is 3.37. The molecular formula is C12H28N2O3S. The lowest BCUT2D eigenvalue weighted by Crippen LogP contribution is -2.30. The minimum Gasteiger partial charge on any atom is -0.305 e. The maximum Gasteiger partial charge on any atom is 0.334 e. The summed E-state index contributed by atoms with van der Waals surface area (Å²) >= 11 is 0. The van der Waals surface area contributed by atoms with E-state index in [0.717, 1.165) is 12.8 Å². The zero-order valence-electron chi connectivity index (χ0n) is 11.4. The summed E-state index contributed by atoms with van der Waals surface area (Å²) in [6, 6.07) is 0. The van der Waals surface area contributed by atoms with E-state index in [1.807, 2.05) is 0 Å². The minimum absolute atomic E-state index is 0.534. The van der Waals surface area contributed by atoms with Crippen molar-refractivity contribution in [3.63, 3.8) is 0 Å². The molecule has 0 aromatic rings. The molecule has 18 heavy (non-hydrogen) atoms. The van der Waals surface area contributed by atoms with Crippen molar-refractivity contribution in [2.24, 2.45) is 10.9 Å². The van der Waals surface area contributed by atoms with Gasteiger partial charge < -0.3 is 5.73 Å².